The van der Waals surface area contributed by atoms with Gasteiger partial charge in [0.1, 0.15) is 13.2 Å². The molecule has 3 unspecified atom stereocenters. The maximum Gasteiger partial charge on any atom is 0.268 e. The van der Waals surface area contributed by atoms with Gasteiger partial charge in [-0.1, -0.05) is 154 Å². The van der Waals surface area contributed by atoms with Crippen molar-refractivity contribution < 1.29 is 37.6 Å². The summed E-state index contributed by atoms with van der Waals surface area (Å²) in [7, 11) is 1.29. The second kappa shape index (κ2) is 31.4. The Hall–Kier alpha value is -0.800. The van der Waals surface area contributed by atoms with E-state index < -0.39 is 20.0 Å². The summed E-state index contributed by atoms with van der Waals surface area (Å²) in [5.41, 5.74) is 0. The monoisotopic (exact) mass is 759 g/mol. The molecule has 0 spiro atoms. The average Bonchev–Trinajstić information content (AvgIpc) is 3.84. The number of carbonyl (C=O) groups excluding carboxylic acids is 1. The van der Waals surface area contributed by atoms with E-state index in [2.05, 4.69) is 31.3 Å². The molecule has 1 aliphatic heterocycles. The second-order valence-corrected chi connectivity index (χ2v) is 17.8. The number of carbonyl (C=O) groups is 1. The molecule has 1 saturated heterocycles. The SMILES string of the molecule is CCCCCCCCCCCCCCCC[C@@H](O)[C@H](COP(=O)([O-])OCC[N+](C)(C)C)NC(=O)CCCCCCC/C=C\CC1OC1CCCCC. The molecule has 0 aliphatic carbocycles. The van der Waals surface area contributed by atoms with E-state index in [9.17, 15) is 19.4 Å². The summed E-state index contributed by atoms with van der Waals surface area (Å²) in [5.74, 6) is -0.182. The van der Waals surface area contributed by atoms with Crippen LogP contribution in [0.3, 0.4) is 0 Å². The largest absolute Gasteiger partial charge is 0.756 e. The number of aliphatic hydroxyl groups is 1. The Kier molecular flexibility index (Phi) is 29.7. The van der Waals surface area contributed by atoms with Crippen molar-refractivity contribution in [2.24, 2.45) is 0 Å². The van der Waals surface area contributed by atoms with E-state index in [0.29, 0.717) is 36.1 Å². The second-order valence-electron chi connectivity index (χ2n) is 16.4. The summed E-state index contributed by atoms with van der Waals surface area (Å²) in [6.07, 6.45) is 35.2. The van der Waals surface area contributed by atoms with Gasteiger partial charge in [-0.15, -0.1) is 0 Å². The molecule has 2 N–H and O–H groups in total. The quantitative estimate of drug-likeness (QED) is 0.0211. The van der Waals surface area contributed by atoms with E-state index in [1.54, 1.807) is 0 Å². The Bertz CT molecular complexity index is 928. The Morgan fingerprint density at radius 3 is 1.90 bits per heavy atom. The predicted molar refractivity (Wildman–Crippen MR) is 214 cm³/mol. The molecule has 1 rings (SSSR count). The van der Waals surface area contributed by atoms with E-state index in [1.807, 2.05) is 21.1 Å². The summed E-state index contributed by atoms with van der Waals surface area (Å²) in [4.78, 5) is 25.3. The van der Waals surface area contributed by atoms with Crippen LogP contribution < -0.4 is 10.2 Å². The number of epoxide rings is 1. The van der Waals surface area contributed by atoms with Crippen molar-refractivity contribution in [2.75, 3.05) is 40.9 Å². The Morgan fingerprint density at radius 1 is 0.769 bits per heavy atom. The molecule has 5 atom stereocenters. The zero-order valence-corrected chi connectivity index (χ0v) is 35.4. The minimum Gasteiger partial charge on any atom is -0.756 e. The molecule has 0 bridgehead atoms. The number of phosphoric acid groups is 1. The fraction of sp³-hybridized carbons (Fsp3) is 0.929. The first-order chi connectivity index (χ1) is 25.0. The highest BCUT2D eigenvalue weighted by Crippen LogP contribution is 2.38. The van der Waals surface area contributed by atoms with Crippen LogP contribution in [0.25, 0.3) is 0 Å². The number of unbranched alkanes of at least 4 members (excludes halogenated alkanes) is 20. The standard InChI is InChI=1S/C42H83N2O7P/c1-6-8-10-11-12-13-14-15-16-17-18-21-24-28-31-39(45)38(37-50-52(47,48)49-36-35-44(3,4)5)43-42(46)34-30-26-23-20-19-22-25-29-33-41-40(51-41)32-27-9-7-2/h25,29,38-41,45H,6-24,26-28,30-37H2,1-5H3,(H-,43,46,47,48)/b29-25-/t38-,39+,40?,41?/m0/s1. The lowest BCUT2D eigenvalue weighted by atomic mass is 10.0. The van der Waals surface area contributed by atoms with Crippen LogP contribution >= 0.6 is 7.82 Å². The summed E-state index contributed by atoms with van der Waals surface area (Å²) < 4.78 is 29.0. The third-order valence-corrected chi connectivity index (χ3v) is 11.1. The molecule has 0 aromatic heterocycles. The van der Waals surface area contributed by atoms with Gasteiger partial charge in [0.2, 0.25) is 5.91 Å². The normalized spacial score (nSPS) is 18.4. The van der Waals surface area contributed by atoms with Crippen LogP contribution in [0.1, 0.15) is 187 Å². The van der Waals surface area contributed by atoms with E-state index in [-0.39, 0.29) is 19.1 Å². The molecule has 1 fully saturated rings. The number of likely N-dealkylation sites (N-methyl/N-ethyl adjacent to an activating group) is 1. The number of phosphoric ester groups is 1. The van der Waals surface area contributed by atoms with Gasteiger partial charge in [-0.05, 0) is 38.5 Å². The first kappa shape index (κ1) is 49.2. The molecule has 0 aromatic carbocycles. The molecule has 308 valence electrons. The number of quaternary nitrogens is 1. The highest BCUT2D eigenvalue weighted by Gasteiger charge is 2.36. The fourth-order valence-electron chi connectivity index (χ4n) is 6.57. The molecule has 1 amide bonds. The summed E-state index contributed by atoms with van der Waals surface area (Å²) >= 11 is 0. The lowest BCUT2D eigenvalue weighted by molar-refractivity contribution is -0.870. The number of hydrogen-bond donors (Lipinski definition) is 2. The Labute approximate surface area is 320 Å². The summed E-state index contributed by atoms with van der Waals surface area (Å²) in [6.45, 7) is 4.67. The van der Waals surface area contributed by atoms with Gasteiger partial charge in [0, 0.05) is 6.42 Å². The van der Waals surface area contributed by atoms with Gasteiger partial charge in [0.15, 0.2) is 0 Å². The topological polar surface area (TPSA) is 120 Å². The van der Waals surface area contributed by atoms with Crippen molar-refractivity contribution >= 4 is 13.7 Å². The average molecular weight is 759 g/mol. The van der Waals surface area contributed by atoms with Crippen molar-refractivity contribution in [3.05, 3.63) is 12.2 Å². The maximum atomic E-state index is 12.9. The zero-order valence-electron chi connectivity index (χ0n) is 34.5. The van der Waals surface area contributed by atoms with Crippen LogP contribution in [-0.4, -0.2) is 80.8 Å². The molecule has 1 heterocycles. The third-order valence-electron chi connectivity index (χ3n) is 10.2. The molecular formula is C42H83N2O7P. The third kappa shape index (κ3) is 30.5. The van der Waals surface area contributed by atoms with E-state index >= 15 is 0 Å². The smallest absolute Gasteiger partial charge is 0.268 e. The molecule has 9 nitrogen and oxygen atoms in total. The van der Waals surface area contributed by atoms with Crippen LogP contribution in [0.15, 0.2) is 12.2 Å². The van der Waals surface area contributed by atoms with Gasteiger partial charge >= 0.3 is 0 Å². The highest BCUT2D eigenvalue weighted by atomic mass is 31.2. The van der Waals surface area contributed by atoms with E-state index in [4.69, 9.17) is 13.8 Å². The van der Waals surface area contributed by atoms with Crippen LogP contribution in [0, 0.1) is 0 Å². The van der Waals surface area contributed by atoms with Gasteiger partial charge in [-0.3, -0.25) is 9.36 Å². The number of allylic oxidation sites excluding steroid dienone is 1. The lowest BCUT2D eigenvalue weighted by Crippen LogP contribution is -2.46. The van der Waals surface area contributed by atoms with Crippen LogP contribution in [0.2, 0.25) is 0 Å². The highest BCUT2D eigenvalue weighted by molar-refractivity contribution is 7.45. The number of nitrogens with zero attached hydrogens (tertiary/aromatic N) is 1. The molecule has 0 saturated carbocycles. The van der Waals surface area contributed by atoms with Crippen LogP contribution in [-0.2, 0) is 23.1 Å². The molecule has 0 radical (unpaired) electrons. The Morgan fingerprint density at radius 2 is 1.31 bits per heavy atom. The number of nitrogens with one attached hydrogen (secondary N) is 1. The minimum absolute atomic E-state index is 0.00817. The summed E-state index contributed by atoms with van der Waals surface area (Å²) in [5, 5.41) is 13.9. The predicted octanol–water partition coefficient (Wildman–Crippen LogP) is 9.94. The number of aliphatic hydroxyl groups excluding tert-OH is 1. The molecule has 10 heteroatoms. The molecule has 0 aromatic rings. The molecular weight excluding hydrogens is 675 g/mol. The number of rotatable bonds is 38. The van der Waals surface area contributed by atoms with Crippen molar-refractivity contribution in [1.29, 1.82) is 0 Å². The van der Waals surface area contributed by atoms with Crippen molar-refractivity contribution in [3.63, 3.8) is 0 Å². The maximum absolute atomic E-state index is 12.9. The first-order valence-corrected chi connectivity index (χ1v) is 23.1. The van der Waals surface area contributed by atoms with Gasteiger partial charge in [0.25, 0.3) is 7.82 Å². The lowest BCUT2D eigenvalue weighted by Gasteiger charge is -2.30. The van der Waals surface area contributed by atoms with Gasteiger partial charge in [-0.25, -0.2) is 0 Å². The van der Waals surface area contributed by atoms with Crippen molar-refractivity contribution in [3.8, 4) is 0 Å². The van der Waals surface area contributed by atoms with Crippen molar-refractivity contribution in [1.82, 2.24) is 5.32 Å². The Balaban J connectivity index is 2.30. The first-order valence-electron chi connectivity index (χ1n) is 21.7. The minimum atomic E-state index is -4.57. The molecule has 52 heavy (non-hydrogen) atoms. The zero-order chi connectivity index (χ0) is 38.3. The number of hydrogen-bond acceptors (Lipinski definition) is 7. The summed E-state index contributed by atoms with van der Waals surface area (Å²) in [6, 6.07) is -0.807. The number of amides is 1. The van der Waals surface area contributed by atoms with Gasteiger partial charge in [-0.2, -0.15) is 0 Å². The van der Waals surface area contributed by atoms with Gasteiger partial charge < -0.3 is 33.6 Å². The fourth-order valence-corrected chi connectivity index (χ4v) is 7.30. The van der Waals surface area contributed by atoms with Gasteiger partial charge in [0.05, 0.1) is 52.1 Å². The number of ether oxygens (including phenoxy) is 1. The van der Waals surface area contributed by atoms with Crippen molar-refractivity contribution in [2.45, 2.75) is 212 Å². The van der Waals surface area contributed by atoms with Crippen LogP contribution in [0.4, 0.5) is 0 Å². The van der Waals surface area contributed by atoms with Crippen LogP contribution in [0.5, 0.6) is 0 Å². The van der Waals surface area contributed by atoms with E-state index in [1.165, 1.54) is 96.3 Å². The molecule has 1 aliphatic rings. The van der Waals surface area contributed by atoms with E-state index in [0.717, 1.165) is 64.2 Å².